The molecule has 0 aliphatic heterocycles. The fraction of sp³-hybridized carbons (Fsp3) is 0.333. The zero-order valence-corrected chi connectivity index (χ0v) is 9.43. The Bertz CT molecular complexity index is 462. The normalized spacial score (nSPS) is 10.6. The molecule has 16 heavy (non-hydrogen) atoms. The third kappa shape index (κ3) is 2.28. The summed E-state index contributed by atoms with van der Waals surface area (Å²) in [5, 5.41) is 8.25. The molecule has 1 aromatic heterocycles. The molecule has 1 heterocycles. The van der Waals surface area contributed by atoms with E-state index in [1.807, 2.05) is 23.0 Å². The van der Waals surface area contributed by atoms with Gasteiger partial charge in [0.1, 0.15) is 5.69 Å². The molecule has 2 aromatic rings. The summed E-state index contributed by atoms with van der Waals surface area (Å²) >= 11 is 0. The van der Waals surface area contributed by atoms with Crippen LogP contribution >= 0.6 is 0 Å². The van der Waals surface area contributed by atoms with E-state index in [0.29, 0.717) is 6.54 Å². The first-order chi connectivity index (χ1) is 7.81. The summed E-state index contributed by atoms with van der Waals surface area (Å²) < 4.78 is 1.84. The Kier molecular flexibility index (Phi) is 3.31. The maximum absolute atomic E-state index is 5.46. The average molecular weight is 216 g/mol. The van der Waals surface area contributed by atoms with Crippen LogP contribution in [0.3, 0.4) is 0 Å². The van der Waals surface area contributed by atoms with Crippen LogP contribution in [0.15, 0.2) is 30.5 Å². The Hall–Kier alpha value is -1.68. The highest BCUT2D eigenvalue weighted by molar-refractivity contribution is 5.61. The van der Waals surface area contributed by atoms with Gasteiger partial charge in [0, 0.05) is 12.1 Å². The SMILES string of the molecule is Cc1ccccc1-c1cn(CCCN)nn1. The van der Waals surface area contributed by atoms with Crippen LogP contribution in [0.5, 0.6) is 0 Å². The number of nitrogens with two attached hydrogens (primary N) is 1. The second kappa shape index (κ2) is 4.90. The Labute approximate surface area is 95.1 Å². The smallest absolute Gasteiger partial charge is 0.113 e. The molecule has 0 radical (unpaired) electrons. The minimum atomic E-state index is 0.680. The van der Waals surface area contributed by atoms with Crippen molar-refractivity contribution in [2.24, 2.45) is 5.73 Å². The third-order valence-corrected chi connectivity index (χ3v) is 2.55. The summed E-state index contributed by atoms with van der Waals surface area (Å²) in [7, 11) is 0. The molecule has 0 saturated carbocycles. The number of nitrogens with zero attached hydrogens (tertiary/aromatic N) is 3. The molecule has 0 spiro atoms. The van der Waals surface area contributed by atoms with Gasteiger partial charge in [0.2, 0.25) is 0 Å². The number of aromatic nitrogens is 3. The lowest BCUT2D eigenvalue weighted by Crippen LogP contribution is -2.06. The van der Waals surface area contributed by atoms with Crippen LogP contribution < -0.4 is 5.73 Å². The van der Waals surface area contributed by atoms with Crippen LogP contribution in [0, 0.1) is 6.92 Å². The Morgan fingerprint density at radius 1 is 1.31 bits per heavy atom. The molecule has 1 aromatic carbocycles. The number of benzene rings is 1. The summed E-state index contributed by atoms with van der Waals surface area (Å²) in [6, 6.07) is 8.18. The number of hydrogen-bond donors (Lipinski definition) is 1. The summed E-state index contributed by atoms with van der Waals surface area (Å²) in [6.07, 6.45) is 2.90. The second-order valence-electron chi connectivity index (χ2n) is 3.82. The van der Waals surface area contributed by atoms with Crippen molar-refractivity contribution in [2.75, 3.05) is 6.54 Å². The molecule has 2 N–H and O–H groups in total. The van der Waals surface area contributed by atoms with E-state index in [-0.39, 0.29) is 0 Å². The van der Waals surface area contributed by atoms with Gasteiger partial charge in [-0.05, 0) is 25.5 Å². The Morgan fingerprint density at radius 3 is 2.88 bits per heavy atom. The van der Waals surface area contributed by atoms with Gasteiger partial charge in [-0.3, -0.25) is 4.68 Å². The average Bonchev–Trinajstić information content (AvgIpc) is 2.75. The molecule has 0 fully saturated rings. The molecule has 2 rings (SSSR count). The van der Waals surface area contributed by atoms with Gasteiger partial charge in [0.05, 0.1) is 6.20 Å². The van der Waals surface area contributed by atoms with Crippen LogP contribution in [-0.2, 0) is 6.54 Å². The van der Waals surface area contributed by atoms with Gasteiger partial charge in [-0.15, -0.1) is 5.10 Å². The predicted octanol–water partition coefficient (Wildman–Crippen LogP) is 1.60. The van der Waals surface area contributed by atoms with E-state index in [1.54, 1.807) is 0 Å². The molecule has 0 bridgehead atoms. The van der Waals surface area contributed by atoms with Crippen molar-refractivity contribution >= 4 is 0 Å². The van der Waals surface area contributed by atoms with E-state index < -0.39 is 0 Å². The first-order valence-corrected chi connectivity index (χ1v) is 5.47. The molecule has 0 aliphatic rings. The molecule has 4 nitrogen and oxygen atoms in total. The number of hydrogen-bond acceptors (Lipinski definition) is 3. The lowest BCUT2D eigenvalue weighted by Gasteiger charge is -1.99. The van der Waals surface area contributed by atoms with E-state index in [0.717, 1.165) is 24.2 Å². The van der Waals surface area contributed by atoms with Crippen molar-refractivity contribution in [1.82, 2.24) is 15.0 Å². The molecule has 4 heteroatoms. The maximum Gasteiger partial charge on any atom is 0.113 e. The van der Waals surface area contributed by atoms with Crippen molar-refractivity contribution in [3.05, 3.63) is 36.0 Å². The van der Waals surface area contributed by atoms with Gasteiger partial charge in [-0.2, -0.15) is 0 Å². The first-order valence-electron chi connectivity index (χ1n) is 5.47. The van der Waals surface area contributed by atoms with Crippen molar-refractivity contribution in [1.29, 1.82) is 0 Å². The van der Waals surface area contributed by atoms with Crippen LogP contribution in [-0.4, -0.2) is 21.5 Å². The number of aryl methyl sites for hydroxylation is 2. The zero-order chi connectivity index (χ0) is 11.4. The zero-order valence-electron chi connectivity index (χ0n) is 9.43. The molecule has 0 atom stereocenters. The molecule has 0 aliphatic carbocycles. The Balaban J connectivity index is 2.22. The van der Waals surface area contributed by atoms with Gasteiger partial charge >= 0.3 is 0 Å². The third-order valence-electron chi connectivity index (χ3n) is 2.55. The standard InChI is InChI=1S/C12H16N4/c1-10-5-2-3-6-11(10)12-9-16(15-14-12)8-4-7-13/h2-3,5-6,9H,4,7-8,13H2,1H3. The lowest BCUT2D eigenvalue weighted by atomic mass is 10.1. The first kappa shape index (κ1) is 10.8. The van der Waals surface area contributed by atoms with Crippen LogP contribution in [0.4, 0.5) is 0 Å². The van der Waals surface area contributed by atoms with Gasteiger partial charge in [-0.25, -0.2) is 0 Å². The molecular weight excluding hydrogens is 200 g/mol. The van der Waals surface area contributed by atoms with Gasteiger partial charge in [0.15, 0.2) is 0 Å². The predicted molar refractivity (Wildman–Crippen MR) is 63.9 cm³/mol. The van der Waals surface area contributed by atoms with Crippen molar-refractivity contribution in [3.63, 3.8) is 0 Å². The molecule has 0 unspecified atom stereocenters. The number of rotatable bonds is 4. The van der Waals surface area contributed by atoms with E-state index in [4.69, 9.17) is 5.73 Å². The van der Waals surface area contributed by atoms with Crippen LogP contribution in [0.1, 0.15) is 12.0 Å². The molecular formula is C12H16N4. The lowest BCUT2D eigenvalue weighted by molar-refractivity contribution is 0.564. The fourth-order valence-corrected chi connectivity index (χ4v) is 1.64. The van der Waals surface area contributed by atoms with Crippen molar-refractivity contribution in [3.8, 4) is 11.3 Å². The van der Waals surface area contributed by atoms with E-state index in [2.05, 4.69) is 29.4 Å². The quantitative estimate of drug-likeness (QED) is 0.844. The van der Waals surface area contributed by atoms with Gasteiger partial charge in [-0.1, -0.05) is 29.5 Å². The largest absolute Gasteiger partial charge is 0.330 e. The molecule has 0 amide bonds. The summed E-state index contributed by atoms with van der Waals surface area (Å²) in [5.41, 5.74) is 8.74. The summed E-state index contributed by atoms with van der Waals surface area (Å²) in [5.74, 6) is 0. The van der Waals surface area contributed by atoms with Crippen molar-refractivity contribution < 1.29 is 0 Å². The highest BCUT2D eigenvalue weighted by Gasteiger charge is 2.05. The topological polar surface area (TPSA) is 56.7 Å². The monoisotopic (exact) mass is 216 g/mol. The minimum absolute atomic E-state index is 0.680. The van der Waals surface area contributed by atoms with Crippen LogP contribution in [0.2, 0.25) is 0 Å². The van der Waals surface area contributed by atoms with Crippen LogP contribution in [0.25, 0.3) is 11.3 Å². The maximum atomic E-state index is 5.46. The highest BCUT2D eigenvalue weighted by Crippen LogP contribution is 2.19. The highest BCUT2D eigenvalue weighted by atomic mass is 15.4. The van der Waals surface area contributed by atoms with E-state index in [9.17, 15) is 0 Å². The Morgan fingerprint density at radius 2 is 2.12 bits per heavy atom. The van der Waals surface area contributed by atoms with E-state index in [1.165, 1.54) is 5.56 Å². The summed E-state index contributed by atoms with van der Waals surface area (Å²) in [6.45, 7) is 3.59. The second-order valence-corrected chi connectivity index (χ2v) is 3.82. The summed E-state index contributed by atoms with van der Waals surface area (Å²) in [4.78, 5) is 0. The van der Waals surface area contributed by atoms with Crippen molar-refractivity contribution in [2.45, 2.75) is 19.9 Å². The molecule has 0 saturated heterocycles. The fourth-order valence-electron chi connectivity index (χ4n) is 1.64. The minimum Gasteiger partial charge on any atom is -0.330 e. The molecule has 84 valence electrons. The van der Waals surface area contributed by atoms with Gasteiger partial charge in [0.25, 0.3) is 0 Å². The van der Waals surface area contributed by atoms with E-state index >= 15 is 0 Å². The van der Waals surface area contributed by atoms with Gasteiger partial charge < -0.3 is 5.73 Å².